The van der Waals surface area contributed by atoms with Gasteiger partial charge in [-0.1, -0.05) is 12.1 Å². The van der Waals surface area contributed by atoms with Crippen LogP contribution in [0.5, 0.6) is 5.75 Å². The Morgan fingerprint density at radius 1 is 1.30 bits per heavy atom. The molecule has 0 radical (unpaired) electrons. The molecule has 0 spiro atoms. The summed E-state index contributed by atoms with van der Waals surface area (Å²) in [5, 5.41) is 5.64. The second-order valence-corrected chi connectivity index (χ2v) is 5.52. The SMILES string of the molecule is COc1ccc(CNC(=O)NCCCOCC2CCCO2)cc1. The van der Waals surface area contributed by atoms with E-state index in [0.717, 1.165) is 37.2 Å². The predicted molar refractivity (Wildman–Crippen MR) is 87.6 cm³/mol. The summed E-state index contributed by atoms with van der Waals surface area (Å²) in [6, 6.07) is 7.44. The monoisotopic (exact) mass is 322 g/mol. The Balaban J connectivity index is 1.47. The molecule has 0 bridgehead atoms. The number of amides is 2. The van der Waals surface area contributed by atoms with E-state index in [4.69, 9.17) is 14.2 Å². The van der Waals surface area contributed by atoms with Gasteiger partial charge in [-0.2, -0.15) is 0 Å². The van der Waals surface area contributed by atoms with Gasteiger partial charge < -0.3 is 24.8 Å². The van der Waals surface area contributed by atoms with Gasteiger partial charge in [0.2, 0.25) is 0 Å². The second-order valence-electron chi connectivity index (χ2n) is 5.52. The molecular weight excluding hydrogens is 296 g/mol. The van der Waals surface area contributed by atoms with Crippen molar-refractivity contribution in [2.75, 3.05) is 33.5 Å². The van der Waals surface area contributed by atoms with Gasteiger partial charge in [0.25, 0.3) is 0 Å². The van der Waals surface area contributed by atoms with Gasteiger partial charge in [0.15, 0.2) is 0 Å². The largest absolute Gasteiger partial charge is 0.497 e. The van der Waals surface area contributed by atoms with E-state index >= 15 is 0 Å². The van der Waals surface area contributed by atoms with Crippen molar-refractivity contribution in [1.82, 2.24) is 10.6 Å². The molecule has 1 saturated heterocycles. The number of urea groups is 1. The van der Waals surface area contributed by atoms with Crippen LogP contribution in [0.15, 0.2) is 24.3 Å². The van der Waals surface area contributed by atoms with Crippen LogP contribution in [-0.2, 0) is 16.0 Å². The highest BCUT2D eigenvalue weighted by Gasteiger charge is 2.14. The van der Waals surface area contributed by atoms with Gasteiger partial charge in [-0.25, -0.2) is 4.79 Å². The summed E-state index contributed by atoms with van der Waals surface area (Å²) in [5.74, 6) is 0.807. The molecule has 0 saturated carbocycles. The van der Waals surface area contributed by atoms with Crippen LogP contribution in [0.4, 0.5) is 4.79 Å². The number of rotatable bonds is 9. The maximum absolute atomic E-state index is 11.7. The lowest BCUT2D eigenvalue weighted by Gasteiger charge is -2.11. The van der Waals surface area contributed by atoms with E-state index in [2.05, 4.69) is 10.6 Å². The van der Waals surface area contributed by atoms with Gasteiger partial charge >= 0.3 is 6.03 Å². The first-order chi connectivity index (χ1) is 11.3. The van der Waals surface area contributed by atoms with Crippen LogP contribution in [0.3, 0.4) is 0 Å². The Bertz CT molecular complexity index is 458. The van der Waals surface area contributed by atoms with Crippen LogP contribution in [0.25, 0.3) is 0 Å². The van der Waals surface area contributed by atoms with E-state index in [-0.39, 0.29) is 12.1 Å². The minimum atomic E-state index is -0.167. The zero-order valence-electron chi connectivity index (χ0n) is 13.7. The molecule has 1 aromatic rings. The Morgan fingerprint density at radius 2 is 2.13 bits per heavy atom. The van der Waals surface area contributed by atoms with Crippen LogP contribution >= 0.6 is 0 Å². The van der Waals surface area contributed by atoms with E-state index in [0.29, 0.717) is 26.3 Å². The van der Waals surface area contributed by atoms with E-state index in [9.17, 15) is 4.79 Å². The molecule has 6 nitrogen and oxygen atoms in total. The molecule has 128 valence electrons. The average Bonchev–Trinajstić information content (AvgIpc) is 3.10. The summed E-state index contributed by atoms with van der Waals surface area (Å²) in [5.41, 5.74) is 1.03. The number of benzene rings is 1. The molecule has 1 aliphatic heterocycles. The Labute approximate surface area is 137 Å². The number of ether oxygens (including phenoxy) is 3. The Hall–Kier alpha value is -1.79. The molecule has 1 unspecified atom stereocenters. The summed E-state index contributed by atoms with van der Waals surface area (Å²) in [7, 11) is 1.63. The average molecular weight is 322 g/mol. The number of carbonyl (C=O) groups excluding carboxylic acids is 1. The molecule has 6 heteroatoms. The fourth-order valence-electron chi connectivity index (χ4n) is 2.35. The molecule has 0 aromatic heterocycles. The van der Waals surface area contributed by atoms with Gasteiger partial charge in [0.05, 0.1) is 19.8 Å². The maximum Gasteiger partial charge on any atom is 0.315 e. The molecule has 2 amide bonds. The molecule has 1 aliphatic rings. The topological polar surface area (TPSA) is 68.8 Å². The molecule has 1 heterocycles. The zero-order valence-corrected chi connectivity index (χ0v) is 13.7. The van der Waals surface area contributed by atoms with Crippen molar-refractivity contribution in [1.29, 1.82) is 0 Å². The fraction of sp³-hybridized carbons (Fsp3) is 0.588. The predicted octanol–water partition coefficient (Wildman–Crippen LogP) is 2.08. The van der Waals surface area contributed by atoms with Gasteiger partial charge in [0.1, 0.15) is 5.75 Å². The van der Waals surface area contributed by atoms with Crippen LogP contribution in [0.1, 0.15) is 24.8 Å². The third kappa shape index (κ3) is 6.88. The summed E-state index contributed by atoms with van der Waals surface area (Å²) in [6.45, 7) is 3.23. The van der Waals surface area contributed by atoms with Crippen molar-refractivity contribution < 1.29 is 19.0 Å². The Morgan fingerprint density at radius 3 is 2.83 bits per heavy atom. The first-order valence-corrected chi connectivity index (χ1v) is 8.12. The second kappa shape index (κ2) is 10.1. The molecule has 1 atom stereocenters. The molecule has 1 fully saturated rings. The van der Waals surface area contributed by atoms with E-state index in [1.165, 1.54) is 0 Å². The van der Waals surface area contributed by atoms with Crippen LogP contribution in [0, 0.1) is 0 Å². The van der Waals surface area contributed by atoms with Crippen LogP contribution in [-0.4, -0.2) is 45.6 Å². The van der Waals surface area contributed by atoms with Crippen molar-refractivity contribution in [3.8, 4) is 5.75 Å². The molecule has 1 aromatic carbocycles. The highest BCUT2D eigenvalue weighted by atomic mass is 16.5. The number of methoxy groups -OCH3 is 1. The first-order valence-electron chi connectivity index (χ1n) is 8.12. The Kier molecular flexibility index (Phi) is 7.69. The van der Waals surface area contributed by atoms with Crippen molar-refractivity contribution >= 4 is 6.03 Å². The van der Waals surface area contributed by atoms with E-state index in [1.54, 1.807) is 7.11 Å². The first kappa shape index (κ1) is 17.6. The van der Waals surface area contributed by atoms with Gasteiger partial charge in [-0.3, -0.25) is 0 Å². The third-order valence-corrected chi connectivity index (χ3v) is 3.69. The number of carbonyl (C=O) groups is 1. The van der Waals surface area contributed by atoms with E-state index in [1.807, 2.05) is 24.3 Å². The summed E-state index contributed by atoms with van der Waals surface area (Å²) < 4.78 is 16.1. The fourth-order valence-corrected chi connectivity index (χ4v) is 2.35. The lowest BCUT2D eigenvalue weighted by atomic mass is 10.2. The smallest absolute Gasteiger partial charge is 0.315 e. The van der Waals surface area contributed by atoms with Crippen molar-refractivity contribution in [3.63, 3.8) is 0 Å². The van der Waals surface area contributed by atoms with Gasteiger partial charge in [0, 0.05) is 26.3 Å². The highest BCUT2D eigenvalue weighted by Crippen LogP contribution is 2.12. The van der Waals surface area contributed by atoms with Crippen LogP contribution < -0.4 is 15.4 Å². The van der Waals surface area contributed by atoms with Crippen LogP contribution in [0.2, 0.25) is 0 Å². The molecular formula is C17H26N2O4. The minimum absolute atomic E-state index is 0.167. The number of hydrogen-bond donors (Lipinski definition) is 2. The van der Waals surface area contributed by atoms with Gasteiger partial charge in [-0.05, 0) is 37.0 Å². The summed E-state index contributed by atoms with van der Waals surface area (Å²) >= 11 is 0. The molecule has 23 heavy (non-hydrogen) atoms. The van der Waals surface area contributed by atoms with E-state index < -0.39 is 0 Å². The third-order valence-electron chi connectivity index (χ3n) is 3.69. The molecule has 2 rings (SSSR count). The summed E-state index contributed by atoms with van der Waals surface area (Å²) in [4.78, 5) is 11.7. The van der Waals surface area contributed by atoms with Gasteiger partial charge in [-0.15, -0.1) is 0 Å². The minimum Gasteiger partial charge on any atom is -0.497 e. The maximum atomic E-state index is 11.7. The zero-order chi connectivity index (χ0) is 16.3. The highest BCUT2D eigenvalue weighted by molar-refractivity contribution is 5.73. The lowest BCUT2D eigenvalue weighted by Crippen LogP contribution is -2.35. The molecule has 2 N–H and O–H groups in total. The number of nitrogens with one attached hydrogen (secondary N) is 2. The normalized spacial score (nSPS) is 17.0. The number of hydrogen-bond acceptors (Lipinski definition) is 4. The molecule has 0 aliphatic carbocycles. The van der Waals surface area contributed by atoms with Crippen molar-refractivity contribution in [2.24, 2.45) is 0 Å². The summed E-state index contributed by atoms with van der Waals surface area (Å²) in [6.07, 6.45) is 3.27. The standard InChI is InChI=1S/C17H26N2O4/c1-21-15-7-5-14(6-8-15)12-19-17(20)18-9-3-10-22-13-16-4-2-11-23-16/h5-8,16H,2-4,9-13H2,1H3,(H2,18,19,20). The van der Waals surface area contributed by atoms with Crippen molar-refractivity contribution in [2.45, 2.75) is 31.9 Å². The lowest BCUT2D eigenvalue weighted by molar-refractivity contribution is 0.0168. The quantitative estimate of drug-likeness (QED) is 0.683. The van der Waals surface area contributed by atoms with Crippen molar-refractivity contribution in [3.05, 3.63) is 29.8 Å².